The molecule has 0 saturated carbocycles. The van der Waals surface area contributed by atoms with Gasteiger partial charge in [0, 0.05) is 31.4 Å². The van der Waals surface area contributed by atoms with Gasteiger partial charge in [-0.05, 0) is 25.7 Å². The average Bonchev–Trinajstić information content (AvgIpc) is 2.73. The number of rotatable bonds is 6. The first-order chi connectivity index (χ1) is 9.40. The molecule has 0 saturated heterocycles. The molecular weight excluding hydrogens is 395 g/mol. The van der Waals surface area contributed by atoms with Crippen LogP contribution in [0.3, 0.4) is 0 Å². The van der Waals surface area contributed by atoms with Crippen LogP contribution >= 0.6 is 35.3 Å². The molecule has 0 aliphatic rings. The first-order valence-electron chi connectivity index (χ1n) is 7.34. The average molecular weight is 424 g/mol. The third-order valence-corrected chi connectivity index (χ3v) is 3.64. The predicted molar refractivity (Wildman–Crippen MR) is 104 cm³/mol. The third-order valence-electron chi connectivity index (χ3n) is 2.82. The number of thiazole rings is 1. The second-order valence-electron chi connectivity index (χ2n) is 6.11. The maximum Gasteiger partial charge on any atom is 0.191 e. The fraction of sp³-hybridized carbons (Fsp3) is 0.733. The molecule has 0 aromatic carbocycles. The molecule has 0 fully saturated rings. The molecule has 0 bridgehead atoms. The second kappa shape index (κ2) is 10.4. The molecule has 0 unspecified atom stereocenters. The molecule has 0 radical (unpaired) electrons. The highest BCUT2D eigenvalue weighted by molar-refractivity contribution is 14.0. The summed E-state index contributed by atoms with van der Waals surface area (Å²) < 4.78 is 0. The Kier molecular flexibility index (Phi) is 10.2. The van der Waals surface area contributed by atoms with E-state index < -0.39 is 0 Å². The van der Waals surface area contributed by atoms with Crippen LogP contribution in [-0.2, 0) is 6.42 Å². The second-order valence-corrected chi connectivity index (χ2v) is 7.17. The molecule has 0 spiro atoms. The molecule has 1 heterocycles. The van der Waals surface area contributed by atoms with E-state index >= 15 is 0 Å². The Bertz CT molecular complexity index is 424. The van der Waals surface area contributed by atoms with E-state index in [0.717, 1.165) is 49.1 Å². The first kappa shape index (κ1) is 20.6. The van der Waals surface area contributed by atoms with E-state index in [9.17, 15) is 0 Å². The van der Waals surface area contributed by atoms with Gasteiger partial charge in [0.1, 0.15) is 0 Å². The van der Waals surface area contributed by atoms with Crippen LogP contribution in [0.15, 0.2) is 10.4 Å². The van der Waals surface area contributed by atoms with Gasteiger partial charge in [-0.15, -0.1) is 35.3 Å². The lowest BCUT2D eigenvalue weighted by molar-refractivity contribution is 0.385. The van der Waals surface area contributed by atoms with Crippen molar-refractivity contribution in [2.45, 2.75) is 47.5 Å². The molecule has 21 heavy (non-hydrogen) atoms. The Morgan fingerprint density at radius 2 is 2.05 bits per heavy atom. The number of nitrogens with zero attached hydrogens (tertiary/aromatic N) is 2. The van der Waals surface area contributed by atoms with Gasteiger partial charge in [-0.3, -0.25) is 4.99 Å². The Morgan fingerprint density at radius 1 is 1.33 bits per heavy atom. The highest BCUT2D eigenvalue weighted by Gasteiger charge is 2.09. The van der Waals surface area contributed by atoms with Gasteiger partial charge < -0.3 is 10.6 Å². The lowest BCUT2D eigenvalue weighted by Gasteiger charge is -2.17. The van der Waals surface area contributed by atoms with Gasteiger partial charge in [0.2, 0.25) is 0 Å². The van der Waals surface area contributed by atoms with E-state index in [1.165, 1.54) is 0 Å². The van der Waals surface area contributed by atoms with Gasteiger partial charge in [0.05, 0.1) is 10.7 Å². The summed E-state index contributed by atoms with van der Waals surface area (Å²) in [6.45, 7) is 13.5. The van der Waals surface area contributed by atoms with Crippen molar-refractivity contribution >= 4 is 41.3 Å². The van der Waals surface area contributed by atoms with Gasteiger partial charge in [-0.1, -0.05) is 20.8 Å². The molecule has 0 aliphatic carbocycles. The minimum absolute atomic E-state index is 0. The number of nitrogens with one attached hydrogen (secondary N) is 2. The number of hydrogen-bond acceptors (Lipinski definition) is 3. The Labute approximate surface area is 150 Å². The van der Waals surface area contributed by atoms with Gasteiger partial charge in [-0.25, -0.2) is 4.98 Å². The number of aliphatic imine (C=N–C) groups is 1. The molecule has 2 N–H and O–H groups in total. The van der Waals surface area contributed by atoms with Crippen LogP contribution < -0.4 is 10.6 Å². The molecule has 1 rings (SSSR count). The highest BCUT2D eigenvalue weighted by atomic mass is 127. The zero-order valence-electron chi connectivity index (χ0n) is 13.8. The Morgan fingerprint density at radius 3 is 2.57 bits per heavy atom. The molecule has 4 nitrogen and oxygen atoms in total. The van der Waals surface area contributed by atoms with Crippen molar-refractivity contribution in [1.82, 2.24) is 15.6 Å². The van der Waals surface area contributed by atoms with Crippen LogP contribution in [0.1, 0.15) is 44.8 Å². The monoisotopic (exact) mass is 424 g/mol. The maximum absolute atomic E-state index is 4.61. The molecule has 1 aromatic heterocycles. The SMILES string of the molecule is CCNC(=NCCC(C)(C)C)NCCc1csc(C)n1.I. The summed E-state index contributed by atoms with van der Waals surface area (Å²) in [5.74, 6) is 0.906. The van der Waals surface area contributed by atoms with Crippen molar-refractivity contribution in [3.63, 3.8) is 0 Å². The zero-order chi connectivity index (χ0) is 15.0. The standard InChI is InChI=1S/C15H28N4S.HI/c1-6-16-14(18-10-8-15(3,4)5)17-9-7-13-11-20-12(2)19-13;/h11H,6-10H2,1-5H3,(H2,16,17,18);1H. The minimum atomic E-state index is 0. The summed E-state index contributed by atoms with van der Waals surface area (Å²) in [5.41, 5.74) is 1.49. The molecular formula is C15H29IN4S. The van der Waals surface area contributed by atoms with E-state index in [1.807, 2.05) is 6.92 Å². The predicted octanol–water partition coefficient (Wildman–Crippen LogP) is 3.60. The first-order valence-corrected chi connectivity index (χ1v) is 8.22. The fourth-order valence-electron chi connectivity index (χ4n) is 1.68. The lowest BCUT2D eigenvalue weighted by atomic mass is 9.93. The summed E-state index contributed by atoms with van der Waals surface area (Å²) in [4.78, 5) is 9.08. The molecule has 0 atom stereocenters. The van der Waals surface area contributed by atoms with Crippen molar-refractivity contribution in [2.75, 3.05) is 19.6 Å². The van der Waals surface area contributed by atoms with Crippen molar-refractivity contribution in [1.29, 1.82) is 0 Å². The molecule has 6 heteroatoms. The summed E-state index contributed by atoms with van der Waals surface area (Å²) >= 11 is 1.71. The Balaban J connectivity index is 0.00000400. The molecule has 1 aromatic rings. The van der Waals surface area contributed by atoms with Crippen LogP contribution in [0.4, 0.5) is 0 Å². The molecule has 122 valence electrons. The van der Waals surface area contributed by atoms with Gasteiger partial charge in [0.15, 0.2) is 5.96 Å². The summed E-state index contributed by atoms with van der Waals surface area (Å²) in [6, 6.07) is 0. The minimum Gasteiger partial charge on any atom is -0.357 e. The summed E-state index contributed by atoms with van der Waals surface area (Å²) in [6.07, 6.45) is 2.03. The van der Waals surface area contributed by atoms with Crippen molar-refractivity contribution < 1.29 is 0 Å². The lowest BCUT2D eigenvalue weighted by Crippen LogP contribution is -2.38. The van der Waals surface area contributed by atoms with E-state index in [4.69, 9.17) is 0 Å². The smallest absolute Gasteiger partial charge is 0.191 e. The number of guanidine groups is 1. The van der Waals surface area contributed by atoms with E-state index in [0.29, 0.717) is 5.41 Å². The molecule has 0 amide bonds. The summed E-state index contributed by atoms with van der Waals surface area (Å²) in [7, 11) is 0. The van der Waals surface area contributed by atoms with Gasteiger partial charge >= 0.3 is 0 Å². The van der Waals surface area contributed by atoms with E-state index in [2.05, 4.69) is 53.7 Å². The van der Waals surface area contributed by atoms with Gasteiger partial charge in [-0.2, -0.15) is 0 Å². The van der Waals surface area contributed by atoms with Gasteiger partial charge in [0.25, 0.3) is 0 Å². The Hall–Kier alpha value is -0.370. The fourth-order valence-corrected chi connectivity index (χ4v) is 2.32. The van der Waals surface area contributed by atoms with Crippen molar-refractivity contribution in [2.24, 2.45) is 10.4 Å². The van der Waals surface area contributed by atoms with Crippen LogP contribution in [0.5, 0.6) is 0 Å². The number of aromatic nitrogens is 1. The van der Waals surface area contributed by atoms with Crippen LogP contribution in [0.2, 0.25) is 0 Å². The number of aryl methyl sites for hydroxylation is 1. The number of hydrogen-bond donors (Lipinski definition) is 2. The van der Waals surface area contributed by atoms with Crippen LogP contribution in [0, 0.1) is 12.3 Å². The third kappa shape index (κ3) is 10.1. The van der Waals surface area contributed by atoms with Crippen LogP contribution in [-0.4, -0.2) is 30.6 Å². The normalized spacial score (nSPS) is 12.0. The highest BCUT2D eigenvalue weighted by Crippen LogP contribution is 2.17. The number of halogens is 1. The topological polar surface area (TPSA) is 49.3 Å². The maximum atomic E-state index is 4.61. The van der Waals surface area contributed by atoms with E-state index in [-0.39, 0.29) is 24.0 Å². The quantitative estimate of drug-likeness (QED) is 0.417. The van der Waals surface area contributed by atoms with Crippen LogP contribution in [0.25, 0.3) is 0 Å². The van der Waals surface area contributed by atoms with Crippen molar-refractivity contribution in [3.8, 4) is 0 Å². The largest absolute Gasteiger partial charge is 0.357 e. The zero-order valence-corrected chi connectivity index (χ0v) is 17.0. The molecule has 0 aliphatic heterocycles. The summed E-state index contributed by atoms with van der Waals surface area (Å²) in [5, 5.41) is 9.91. The van der Waals surface area contributed by atoms with Crippen molar-refractivity contribution in [3.05, 3.63) is 16.1 Å². The van der Waals surface area contributed by atoms with E-state index in [1.54, 1.807) is 11.3 Å².